The number of hydrogen-bond donors (Lipinski definition) is 1. The fraction of sp³-hybridized carbons (Fsp3) is 0.357. The molecule has 1 heterocycles. The number of benzene rings is 1. The Morgan fingerprint density at radius 1 is 1.33 bits per heavy atom. The molecule has 0 bridgehead atoms. The van der Waals surface area contributed by atoms with E-state index in [0.717, 1.165) is 12.3 Å². The number of sulfone groups is 1. The highest BCUT2D eigenvalue weighted by Gasteiger charge is 2.33. The van der Waals surface area contributed by atoms with Gasteiger partial charge in [-0.2, -0.15) is 18.3 Å². The van der Waals surface area contributed by atoms with Gasteiger partial charge < -0.3 is 9.84 Å². The molecule has 6 nitrogen and oxygen atoms in total. The van der Waals surface area contributed by atoms with Gasteiger partial charge in [-0.15, -0.1) is 0 Å². The van der Waals surface area contributed by atoms with E-state index in [2.05, 4.69) is 5.10 Å². The molecule has 0 amide bonds. The second-order valence-corrected chi connectivity index (χ2v) is 7.07. The molecule has 2 rings (SSSR count). The monoisotopic (exact) mass is 364 g/mol. The van der Waals surface area contributed by atoms with Gasteiger partial charge in [0.25, 0.3) is 5.88 Å². The van der Waals surface area contributed by atoms with Gasteiger partial charge in [-0.3, -0.25) is 0 Å². The zero-order valence-electron chi connectivity index (χ0n) is 13.0. The Hall–Kier alpha value is -2.23. The lowest BCUT2D eigenvalue weighted by Gasteiger charge is -2.13. The van der Waals surface area contributed by atoms with Crippen LogP contribution in [0.5, 0.6) is 17.4 Å². The number of aryl methyl sites for hydroxylation is 2. The van der Waals surface area contributed by atoms with Crippen molar-refractivity contribution < 1.29 is 31.4 Å². The van der Waals surface area contributed by atoms with E-state index >= 15 is 0 Å². The van der Waals surface area contributed by atoms with Crippen molar-refractivity contribution in [3.05, 3.63) is 29.5 Å². The van der Waals surface area contributed by atoms with Crippen LogP contribution in [0.2, 0.25) is 0 Å². The Bertz CT molecular complexity index is 873. The van der Waals surface area contributed by atoms with Crippen LogP contribution in [0.3, 0.4) is 0 Å². The van der Waals surface area contributed by atoms with Crippen molar-refractivity contribution in [3.8, 4) is 17.4 Å². The fourth-order valence-electron chi connectivity index (χ4n) is 2.06. The molecule has 0 aliphatic heterocycles. The minimum absolute atomic E-state index is 0.110. The number of alkyl halides is 3. The molecule has 10 heteroatoms. The largest absolute Gasteiger partial charge is 0.491 e. The summed E-state index contributed by atoms with van der Waals surface area (Å²) in [4.78, 5) is -0.625. The van der Waals surface area contributed by atoms with Crippen LogP contribution in [0.1, 0.15) is 18.2 Å². The molecular weight excluding hydrogens is 349 g/mol. The minimum atomic E-state index is -4.69. The third-order valence-electron chi connectivity index (χ3n) is 3.23. The van der Waals surface area contributed by atoms with Crippen LogP contribution >= 0.6 is 0 Å². The van der Waals surface area contributed by atoms with Crippen LogP contribution in [0.25, 0.3) is 0 Å². The molecule has 0 radical (unpaired) electrons. The molecule has 132 valence electrons. The maximum Gasteiger partial charge on any atom is 0.416 e. The van der Waals surface area contributed by atoms with Crippen LogP contribution in [-0.4, -0.2) is 29.6 Å². The molecule has 0 atom stereocenters. The Morgan fingerprint density at radius 2 is 1.96 bits per heavy atom. The normalized spacial score (nSPS) is 12.4. The van der Waals surface area contributed by atoms with Gasteiger partial charge in [0.05, 0.1) is 5.56 Å². The maximum absolute atomic E-state index is 12.8. The van der Waals surface area contributed by atoms with Crippen molar-refractivity contribution in [1.29, 1.82) is 0 Å². The lowest BCUT2D eigenvalue weighted by Crippen LogP contribution is -2.08. The average Bonchev–Trinajstić information content (AvgIpc) is 2.72. The Kier molecular flexibility index (Phi) is 4.53. The maximum atomic E-state index is 12.8. The fourth-order valence-corrected chi connectivity index (χ4v) is 2.88. The number of aromatic hydroxyl groups is 1. The standard InChI is InChI=1S/C14H15F3N2O4S/c1-4-19-13(20)12(8(2)18-19)23-10-6-5-9(14(15,16)17)7-11(10)24(3,21)22/h5-7,20H,4H2,1-3H3. The number of hydrogen-bond acceptors (Lipinski definition) is 5. The van der Waals surface area contributed by atoms with E-state index in [9.17, 15) is 26.7 Å². The molecule has 0 saturated heterocycles. The Morgan fingerprint density at radius 3 is 2.42 bits per heavy atom. The number of nitrogens with zero attached hydrogens (tertiary/aromatic N) is 2. The minimum Gasteiger partial charge on any atom is -0.491 e. The second kappa shape index (κ2) is 6.00. The van der Waals surface area contributed by atoms with Gasteiger partial charge in [0.1, 0.15) is 16.3 Å². The first-order chi connectivity index (χ1) is 10.9. The van der Waals surface area contributed by atoms with Crippen LogP contribution in [-0.2, 0) is 22.6 Å². The third-order valence-corrected chi connectivity index (χ3v) is 4.35. The first-order valence-corrected chi connectivity index (χ1v) is 8.69. The third kappa shape index (κ3) is 3.48. The van der Waals surface area contributed by atoms with Gasteiger partial charge in [-0.25, -0.2) is 13.1 Å². The summed E-state index contributed by atoms with van der Waals surface area (Å²) in [6, 6.07) is 2.11. The topological polar surface area (TPSA) is 81.4 Å². The van der Waals surface area contributed by atoms with E-state index in [-0.39, 0.29) is 23.1 Å². The quantitative estimate of drug-likeness (QED) is 0.901. The Labute approximate surface area is 136 Å². The van der Waals surface area contributed by atoms with Crippen molar-refractivity contribution in [2.45, 2.75) is 31.5 Å². The van der Waals surface area contributed by atoms with Gasteiger partial charge in [0.15, 0.2) is 9.84 Å². The van der Waals surface area contributed by atoms with E-state index in [0.29, 0.717) is 18.7 Å². The molecule has 0 unspecified atom stereocenters. The molecule has 1 aromatic carbocycles. The van der Waals surface area contributed by atoms with Crippen LogP contribution in [0.15, 0.2) is 23.1 Å². The summed E-state index contributed by atoms with van der Waals surface area (Å²) in [7, 11) is -3.99. The smallest absolute Gasteiger partial charge is 0.416 e. The predicted molar refractivity (Wildman–Crippen MR) is 78.9 cm³/mol. The number of rotatable bonds is 4. The molecule has 0 aliphatic rings. The number of ether oxygens (including phenoxy) is 1. The molecule has 1 N–H and O–H groups in total. The SMILES string of the molecule is CCn1nc(C)c(Oc2ccc(C(F)(F)F)cc2S(C)(=O)=O)c1O. The average molecular weight is 364 g/mol. The first-order valence-electron chi connectivity index (χ1n) is 6.80. The molecule has 0 saturated carbocycles. The van der Waals surface area contributed by atoms with Crippen molar-refractivity contribution in [2.24, 2.45) is 0 Å². The summed E-state index contributed by atoms with van der Waals surface area (Å²) in [5.41, 5.74) is -0.839. The van der Waals surface area contributed by atoms with E-state index in [1.54, 1.807) is 6.92 Å². The molecule has 0 aliphatic carbocycles. The van der Waals surface area contributed by atoms with Crippen molar-refractivity contribution in [1.82, 2.24) is 9.78 Å². The number of aromatic nitrogens is 2. The van der Waals surface area contributed by atoms with Gasteiger partial charge in [-0.05, 0) is 32.0 Å². The van der Waals surface area contributed by atoms with Gasteiger partial charge in [0.2, 0.25) is 5.75 Å². The summed E-state index contributed by atoms with van der Waals surface area (Å²) >= 11 is 0. The molecule has 2 aromatic rings. The van der Waals surface area contributed by atoms with E-state index in [1.165, 1.54) is 11.6 Å². The van der Waals surface area contributed by atoms with E-state index in [1.807, 2.05) is 0 Å². The van der Waals surface area contributed by atoms with Crippen molar-refractivity contribution in [2.75, 3.05) is 6.26 Å². The summed E-state index contributed by atoms with van der Waals surface area (Å²) in [5.74, 6) is -0.768. The van der Waals surface area contributed by atoms with Crippen LogP contribution in [0.4, 0.5) is 13.2 Å². The predicted octanol–water partition coefficient (Wildman–Crippen LogP) is 3.13. The van der Waals surface area contributed by atoms with Crippen molar-refractivity contribution >= 4 is 9.84 Å². The first kappa shape index (κ1) is 18.1. The molecule has 0 spiro atoms. The van der Waals surface area contributed by atoms with Gasteiger partial charge in [0, 0.05) is 12.8 Å². The zero-order chi connectivity index (χ0) is 18.3. The zero-order valence-corrected chi connectivity index (χ0v) is 13.9. The van der Waals surface area contributed by atoms with E-state index in [4.69, 9.17) is 4.74 Å². The van der Waals surface area contributed by atoms with E-state index < -0.39 is 26.5 Å². The highest BCUT2D eigenvalue weighted by molar-refractivity contribution is 7.90. The number of halogens is 3. The van der Waals surface area contributed by atoms with Gasteiger partial charge >= 0.3 is 6.18 Å². The summed E-state index contributed by atoms with van der Waals surface area (Å²) in [5, 5.41) is 14.0. The molecule has 0 fully saturated rings. The lowest BCUT2D eigenvalue weighted by molar-refractivity contribution is -0.137. The summed E-state index contributed by atoms with van der Waals surface area (Å²) in [6.07, 6.45) is -3.92. The molecular formula is C14H15F3N2O4S. The highest BCUT2D eigenvalue weighted by Crippen LogP contribution is 2.39. The summed E-state index contributed by atoms with van der Waals surface area (Å²) in [6.45, 7) is 3.57. The summed E-state index contributed by atoms with van der Waals surface area (Å²) < 4.78 is 68.6. The van der Waals surface area contributed by atoms with Crippen LogP contribution in [0, 0.1) is 6.92 Å². The highest BCUT2D eigenvalue weighted by atomic mass is 32.2. The second-order valence-electron chi connectivity index (χ2n) is 5.09. The van der Waals surface area contributed by atoms with Gasteiger partial charge in [-0.1, -0.05) is 0 Å². The molecule has 1 aromatic heterocycles. The Balaban J connectivity index is 2.57. The lowest BCUT2D eigenvalue weighted by atomic mass is 10.2. The van der Waals surface area contributed by atoms with Crippen LogP contribution < -0.4 is 4.74 Å². The molecule has 24 heavy (non-hydrogen) atoms. The van der Waals surface area contributed by atoms with Crippen molar-refractivity contribution in [3.63, 3.8) is 0 Å².